The number of rotatable bonds is 6. The Morgan fingerprint density at radius 2 is 2.03 bits per heavy atom. The van der Waals surface area contributed by atoms with Crippen molar-refractivity contribution in [1.29, 1.82) is 0 Å². The Morgan fingerprint density at radius 1 is 1.25 bits per heavy atom. The molecule has 1 aromatic heterocycles. The predicted octanol–water partition coefficient (Wildman–Crippen LogP) is 2.05. The van der Waals surface area contributed by atoms with Crippen LogP contribution in [0.15, 0.2) is 53.5 Å². The maximum absolute atomic E-state index is 15.2. The number of nitrogens with zero attached hydrogens (tertiary/aromatic N) is 6. The summed E-state index contributed by atoms with van der Waals surface area (Å²) in [6.07, 6.45) is 3.41. The largest absolute Gasteiger partial charge is 0.478 e. The molecule has 0 aliphatic carbocycles. The molecule has 10 nitrogen and oxygen atoms in total. The number of benzene rings is 1. The van der Waals surface area contributed by atoms with Crippen molar-refractivity contribution in [2.24, 2.45) is 5.10 Å². The van der Waals surface area contributed by atoms with E-state index in [9.17, 15) is 15.0 Å². The van der Waals surface area contributed by atoms with Gasteiger partial charge < -0.3 is 24.7 Å². The molecule has 5 rings (SSSR count). The van der Waals surface area contributed by atoms with Crippen LogP contribution in [0.2, 0.25) is 0 Å². The van der Waals surface area contributed by atoms with Crippen LogP contribution in [0.25, 0.3) is 0 Å². The molecule has 0 radical (unpaired) electrons. The highest BCUT2D eigenvalue weighted by Crippen LogP contribution is 2.40. The second kappa shape index (κ2) is 9.96. The standard InChI is InChI=1S/C24H27FN6O4S/c1-2-29-13-17(23(33)34)21(32)16-10-18(25)20(11-19(16)29)30-8-6-28(7-9-30)14-31-24(36)35-22(27-31)15-4-3-5-26-12-15/h3-5,10-13,21,24,32,36H,2,6-9,14H2,1H3,(H,33,34). The Labute approximate surface area is 213 Å². The van der Waals surface area contributed by atoms with Crippen LogP contribution >= 0.6 is 12.6 Å². The fourth-order valence-corrected chi connectivity index (χ4v) is 4.81. The fraction of sp³-hybridized carbons (Fsp3) is 0.375. The first kappa shape index (κ1) is 24.3. The van der Waals surface area contributed by atoms with Crippen molar-refractivity contribution in [3.63, 3.8) is 0 Å². The average molecular weight is 515 g/mol. The van der Waals surface area contributed by atoms with Gasteiger partial charge in [0.25, 0.3) is 0 Å². The van der Waals surface area contributed by atoms with Crippen LogP contribution < -0.4 is 9.80 Å². The Balaban J connectivity index is 1.27. The van der Waals surface area contributed by atoms with Gasteiger partial charge >= 0.3 is 5.97 Å². The summed E-state index contributed by atoms with van der Waals surface area (Å²) in [7, 11) is 0. The second-order valence-electron chi connectivity index (χ2n) is 8.72. The lowest BCUT2D eigenvalue weighted by Crippen LogP contribution is -2.50. The van der Waals surface area contributed by atoms with Gasteiger partial charge in [0.05, 0.1) is 23.5 Å². The number of aromatic nitrogens is 1. The second-order valence-corrected chi connectivity index (χ2v) is 9.16. The van der Waals surface area contributed by atoms with Gasteiger partial charge in [-0.3, -0.25) is 9.88 Å². The lowest BCUT2D eigenvalue weighted by atomic mass is 9.95. The Bertz CT molecular complexity index is 1200. The lowest BCUT2D eigenvalue weighted by Gasteiger charge is -2.38. The molecule has 2 unspecified atom stereocenters. The van der Waals surface area contributed by atoms with Crippen LogP contribution in [0.4, 0.5) is 15.8 Å². The molecule has 3 aliphatic heterocycles. The number of thiol groups is 1. The number of halogens is 1. The highest BCUT2D eigenvalue weighted by atomic mass is 32.1. The number of pyridine rings is 1. The molecule has 4 heterocycles. The quantitative estimate of drug-likeness (QED) is 0.500. The summed E-state index contributed by atoms with van der Waals surface area (Å²) >= 11 is 4.49. The molecule has 190 valence electrons. The van der Waals surface area contributed by atoms with Gasteiger partial charge in [-0.1, -0.05) is 0 Å². The van der Waals surface area contributed by atoms with Crippen molar-refractivity contribution in [2.75, 3.05) is 49.2 Å². The van der Waals surface area contributed by atoms with Crippen LogP contribution in [0.1, 0.15) is 24.2 Å². The number of aliphatic carboxylic acids is 1. The molecule has 0 amide bonds. The minimum absolute atomic E-state index is 0.173. The number of carboxylic acid groups (broad SMARTS) is 1. The Morgan fingerprint density at radius 3 is 2.69 bits per heavy atom. The first-order valence-electron chi connectivity index (χ1n) is 11.7. The monoisotopic (exact) mass is 514 g/mol. The predicted molar refractivity (Wildman–Crippen MR) is 135 cm³/mol. The molecule has 2 atom stereocenters. The summed E-state index contributed by atoms with van der Waals surface area (Å²) in [5.74, 6) is -1.24. The third-order valence-corrected chi connectivity index (χ3v) is 6.91. The molecule has 0 saturated carbocycles. The number of anilines is 2. The zero-order valence-electron chi connectivity index (χ0n) is 19.7. The molecule has 1 fully saturated rings. The van der Waals surface area contributed by atoms with Crippen molar-refractivity contribution in [2.45, 2.75) is 18.6 Å². The van der Waals surface area contributed by atoms with Gasteiger partial charge in [0.2, 0.25) is 11.5 Å². The van der Waals surface area contributed by atoms with E-state index in [1.54, 1.807) is 28.4 Å². The third-order valence-electron chi connectivity index (χ3n) is 6.53. The van der Waals surface area contributed by atoms with E-state index in [1.807, 2.05) is 24.0 Å². The number of piperazine rings is 1. The summed E-state index contributed by atoms with van der Waals surface area (Å²) in [4.78, 5) is 21.5. The summed E-state index contributed by atoms with van der Waals surface area (Å²) in [6, 6.07) is 6.64. The van der Waals surface area contributed by atoms with Crippen molar-refractivity contribution in [3.8, 4) is 0 Å². The van der Waals surface area contributed by atoms with E-state index in [-0.39, 0.29) is 11.1 Å². The molecular weight excluding hydrogens is 487 g/mol. The molecule has 36 heavy (non-hydrogen) atoms. The van der Waals surface area contributed by atoms with E-state index in [4.69, 9.17) is 4.74 Å². The molecule has 1 aromatic carbocycles. The van der Waals surface area contributed by atoms with Gasteiger partial charge in [-0.05, 0) is 31.2 Å². The summed E-state index contributed by atoms with van der Waals surface area (Å²) in [6.45, 7) is 5.40. The van der Waals surface area contributed by atoms with Gasteiger partial charge in [0, 0.05) is 62.6 Å². The van der Waals surface area contributed by atoms with Gasteiger partial charge in [0.15, 0.2) is 0 Å². The topological polar surface area (TPSA) is 105 Å². The number of aliphatic hydroxyl groups excluding tert-OH is 1. The third kappa shape index (κ3) is 4.59. The number of hydrazone groups is 1. The van der Waals surface area contributed by atoms with Crippen LogP contribution in [0.5, 0.6) is 0 Å². The number of hydrogen-bond donors (Lipinski definition) is 3. The fourth-order valence-electron chi connectivity index (χ4n) is 4.59. The van der Waals surface area contributed by atoms with E-state index >= 15 is 4.39 Å². The summed E-state index contributed by atoms with van der Waals surface area (Å²) in [5.41, 5.74) is 1.40. The van der Waals surface area contributed by atoms with E-state index in [0.717, 1.165) is 5.56 Å². The number of fused-ring (bicyclic) bond motifs is 1. The van der Waals surface area contributed by atoms with Gasteiger partial charge in [0.1, 0.15) is 11.9 Å². The SMILES string of the molecule is CCN1C=C(C(=O)O)C(O)c2cc(F)c(N3CCN(CN4N=C(c5cccnc5)OC4S)CC3)cc21. The normalized spacial score (nSPS) is 22.2. The lowest BCUT2D eigenvalue weighted by molar-refractivity contribution is -0.133. The molecule has 2 N–H and O–H groups in total. The van der Waals surface area contributed by atoms with Crippen molar-refractivity contribution < 1.29 is 24.1 Å². The van der Waals surface area contributed by atoms with Gasteiger partial charge in [-0.15, -0.1) is 17.7 Å². The molecule has 3 aliphatic rings. The molecule has 12 heteroatoms. The van der Waals surface area contributed by atoms with Crippen LogP contribution in [0.3, 0.4) is 0 Å². The Kier molecular flexibility index (Phi) is 6.73. The number of aliphatic hydroxyl groups is 1. The minimum Gasteiger partial charge on any atom is -0.478 e. The molecule has 0 bridgehead atoms. The van der Waals surface area contributed by atoms with Crippen molar-refractivity contribution in [3.05, 3.63) is 65.4 Å². The maximum Gasteiger partial charge on any atom is 0.336 e. The number of hydrogen-bond acceptors (Lipinski definition) is 10. The zero-order chi connectivity index (χ0) is 25.4. The molecular formula is C24H27FN6O4S. The minimum atomic E-state index is -1.38. The van der Waals surface area contributed by atoms with E-state index < -0.39 is 23.5 Å². The van der Waals surface area contributed by atoms with E-state index in [2.05, 4.69) is 27.6 Å². The van der Waals surface area contributed by atoms with Gasteiger partial charge in [-0.2, -0.15) is 0 Å². The maximum atomic E-state index is 15.2. The van der Waals surface area contributed by atoms with Crippen molar-refractivity contribution >= 4 is 35.9 Å². The van der Waals surface area contributed by atoms with Crippen LogP contribution in [0, 0.1) is 5.82 Å². The number of carbonyl (C=O) groups is 1. The highest BCUT2D eigenvalue weighted by molar-refractivity contribution is 7.80. The van der Waals surface area contributed by atoms with Crippen LogP contribution in [-0.2, 0) is 9.53 Å². The summed E-state index contributed by atoms with van der Waals surface area (Å²) < 4.78 is 20.9. The van der Waals surface area contributed by atoms with Crippen LogP contribution in [-0.4, -0.2) is 81.9 Å². The van der Waals surface area contributed by atoms with Gasteiger partial charge in [-0.25, -0.2) is 14.2 Å². The summed E-state index contributed by atoms with van der Waals surface area (Å²) in [5, 5.41) is 26.2. The molecule has 1 saturated heterocycles. The molecule has 0 spiro atoms. The number of ether oxygens (including phenoxy) is 1. The van der Waals surface area contributed by atoms with E-state index in [1.165, 1.54) is 12.3 Å². The van der Waals surface area contributed by atoms with Crippen molar-refractivity contribution in [1.82, 2.24) is 14.9 Å². The van der Waals surface area contributed by atoms with E-state index in [0.29, 0.717) is 56.7 Å². The molecule has 2 aromatic rings. The zero-order valence-corrected chi connectivity index (χ0v) is 20.6. The number of carboxylic acids is 1. The highest BCUT2D eigenvalue weighted by Gasteiger charge is 2.33. The average Bonchev–Trinajstić information content (AvgIpc) is 3.25. The smallest absolute Gasteiger partial charge is 0.336 e. The Hall–Kier alpha value is -3.35. The first-order valence-corrected chi connectivity index (χ1v) is 12.2. The first-order chi connectivity index (χ1) is 17.4.